The molecule has 0 spiro atoms. The second-order valence-corrected chi connectivity index (χ2v) is 8.19. The number of benzene rings is 2. The summed E-state index contributed by atoms with van der Waals surface area (Å²) >= 11 is 1.55. The summed E-state index contributed by atoms with van der Waals surface area (Å²) in [6.45, 7) is 1.95. The van der Waals surface area contributed by atoms with E-state index in [0.29, 0.717) is 5.56 Å². The first-order valence-corrected chi connectivity index (χ1v) is 11.2. The molecule has 4 rings (SSSR count). The van der Waals surface area contributed by atoms with Crippen LogP contribution in [0.1, 0.15) is 41.7 Å². The van der Waals surface area contributed by atoms with Crippen LogP contribution in [0.2, 0.25) is 0 Å². The summed E-state index contributed by atoms with van der Waals surface area (Å²) in [4.78, 5) is 29.0. The minimum atomic E-state index is -0.163. The molecule has 1 atom stereocenters. The summed E-state index contributed by atoms with van der Waals surface area (Å²) < 4.78 is 1.96. The van der Waals surface area contributed by atoms with E-state index in [9.17, 15) is 9.59 Å². The maximum Gasteiger partial charge on any atom is 0.251 e. The first-order chi connectivity index (χ1) is 14.5. The molecule has 3 aromatic rings. The number of aromatic nitrogens is 2. The third-order valence-electron chi connectivity index (χ3n) is 5.15. The molecule has 6 nitrogen and oxygen atoms in total. The number of hydrogen-bond acceptors (Lipinski definition) is 4. The van der Waals surface area contributed by atoms with Gasteiger partial charge in [-0.25, -0.2) is 4.98 Å². The van der Waals surface area contributed by atoms with Gasteiger partial charge in [0.15, 0.2) is 5.16 Å². The first-order valence-electron chi connectivity index (χ1n) is 9.94. The van der Waals surface area contributed by atoms with Crippen LogP contribution in [-0.2, 0) is 4.79 Å². The quantitative estimate of drug-likeness (QED) is 0.554. The molecule has 0 radical (unpaired) electrons. The normalized spacial score (nSPS) is 14.2. The second-order valence-electron chi connectivity index (χ2n) is 7.41. The van der Waals surface area contributed by atoms with Crippen LogP contribution >= 0.6 is 11.8 Å². The zero-order valence-electron chi connectivity index (χ0n) is 17.0. The lowest BCUT2D eigenvalue weighted by Gasteiger charge is -2.16. The highest BCUT2D eigenvalue weighted by atomic mass is 32.2. The van der Waals surface area contributed by atoms with Crippen LogP contribution in [-0.4, -0.2) is 27.6 Å². The van der Waals surface area contributed by atoms with Crippen molar-refractivity contribution in [2.24, 2.45) is 5.92 Å². The maximum absolute atomic E-state index is 12.8. The van der Waals surface area contributed by atoms with Crippen LogP contribution < -0.4 is 10.6 Å². The van der Waals surface area contributed by atoms with Crippen molar-refractivity contribution in [1.82, 2.24) is 14.9 Å². The van der Waals surface area contributed by atoms with Crippen LogP contribution in [0.4, 0.5) is 5.69 Å². The van der Waals surface area contributed by atoms with Gasteiger partial charge in [0.25, 0.3) is 5.91 Å². The molecule has 2 amide bonds. The van der Waals surface area contributed by atoms with Crippen molar-refractivity contribution in [3.8, 4) is 5.69 Å². The third kappa shape index (κ3) is 4.57. The van der Waals surface area contributed by atoms with Crippen molar-refractivity contribution in [1.29, 1.82) is 0 Å². The Hall–Kier alpha value is -3.06. The molecule has 7 heteroatoms. The van der Waals surface area contributed by atoms with Gasteiger partial charge >= 0.3 is 0 Å². The second kappa shape index (κ2) is 8.75. The number of imidazole rings is 1. The van der Waals surface area contributed by atoms with Crippen LogP contribution in [0.3, 0.4) is 0 Å². The molecule has 2 aromatic carbocycles. The summed E-state index contributed by atoms with van der Waals surface area (Å²) in [7, 11) is 0. The highest BCUT2D eigenvalue weighted by Crippen LogP contribution is 2.30. The maximum atomic E-state index is 12.8. The van der Waals surface area contributed by atoms with E-state index < -0.39 is 0 Å². The Bertz CT molecular complexity index is 1060. The molecule has 1 saturated carbocycles. The predicted molar refractivity (Wildman–Crippen MR) is 119 cm³/mol. The van der Waals surface area contributed by atoms with E-state index in [2.05, 4.69) is 15.6 Å². The topological polar surface area (TPSA) is 76.0 Å². The van der Waals surface area contributed by atoms with Gasteiger partial charge in [-0.2, -0.15) is 0 Å². The van der Waals surface area contributed by atoms with Gasteiger partial charge in [-0.3, -0.25) is 14.2 Å². The molecule has 1 fully saturated rings. The fourth-order valence-corrected chi connectivity index (χ4v) is 3.77. The van der Waals surface area contributed by atoms with E-state index in [0.717, 1.165) is 34.9 Å². The smallest absolute Gasteiger partial charge is 0.251 e. The van der Waals surface area contributed by atoms with Gasteiger partial charge in [0.2, 0.25) is 5.91 Å². The number of carbonyl (C=O) groups excluding carboxylic acids is 2. The SMILES string of the molecule is CSc1nccn1-c1cccc(C(=O)N[C@H](C)c2ccc(NC(=O)C3CC3)cc2)c1. The third-order valence-corrected chi connectivity index (χ3v) is 5.82. The Balaban J connectivity index is 1.42. The van der Waals surface area contributed by atoms with Gasteiger partial charge in [0.1, 0.15) is 0 Å². The largest absolute Gasteiger partial charge is 0.346 e. The molecular weight excluding hydrogens is 396 g/mol. The Morgan fingerprint density at radius 3 is 2.63 bits per heavy atom. The lowest BCUT2D eigenvalue weighted by molar-refractivity contribution is -0.117. The fraction of sp³-hybridized carbons (Fsp3) is 0.261. The molecule has 2 N–H and O–H groups in total. The minimum Gasteiger partial charge on any atom is -0.346 e. The predicted octanol–water partition coefficient (Wildman–Crippen LogP) is 4.43. The van der Waals surface area contributed by atoms with Crippen molar-refractivity contribution < 1.29 is 9.59 Å². The molecule has 1 aromatic heterocycles. The number of rotatable bonds is 7. The first kappa shape index (κ1) is 20.2. The molecule has 0 saturated heterocycles. The van der Waals surface area contributed by atoms with Gasteiger partial charge in [-0.05, 0) is 61.9 Å². The summed E-state index contributed by atoms with van der Waals surface area (Å²) in [5.41, 5.74) is 3.25. The molecule has 0 unspecified atom stereocenters. The molecule has 154 valence electrons. The fourth-order valence-electron chi connectivity index (χ4n) is 3.24. The number of nitrogens with one attached hydrogen (secondary N) is 2. The lowest BCUT2D eigenvalue weighted by atomic mass is 10.1. The van der Waals surface area contributed by atoms with E-state index >= 15 is 0 Å². The summed E-state index contributed by atoms with van der Waals surface area (Å²) in [5.74, 6) is 0.126. The Morgan fingerprint density at radius 2 is 1.93 bits per heavy atom. The van der Waals surface area contributed by atoms with Crippen LogP contribution in [0.5, 0.6) is 0 Å². The van der Waals surface area contributed by atoms with Gasteiger partial charge < -0.3 is 10.6 Å². The average molecular weight is 421 g/mol. The standard InChI is InChI=1S/C23H24N4O2S/c1-15(16-8-10-19(11-9-16)26-21(28)17-6-7-17)25-22(29)18-4-3-5-20(14-18)27-13-12-24-23(27)30-2/h3-5,8-15,17H,6-7H2,1-2H3,(H,25,29)(H,26,28)/t15-/m1/s1. The Morgan fingerprint density at radius 1 is 1.17 bits per heavy atom. The van der Waals surface area contributed by atoms with E-state index in [-0.39, 0.29) is 23.8 Å². The van der Waals surface area contributed by atoms with Crippen molar-refractivity contribution in [3.05, 3.63) is 72.1 Å². The van der Waals surface area contributed by atoms with Gasteiger partial charge in [0.05, 0.1) is 6.04 Å². The van der Waals surface area contributed by atoms with Crippen LogP contribution in [0.25, 0.3) is 5.69 Å². The summed E-state index contributed by atoms with van der Waals surface area (Å²) in [5, 5.41) is 6.85. The van der Waals surface area contributed by atoms with Crippen LogP contribution in [0.15, 0.2) is 66.1 Å². The highest BCUT2D eigenvalue weighted by molar-refractivity contribution is 7.98. The molecule has 0 bridgehead atoms. The number of amides is 2. The van der Waals surface area contributed by atoms with Crippen molar-refractivity contribution in [2.75, 3.05) is 11.6 Å². The van der Waals surface area contributed by atoms with Gasteiger partial charge in [-0.15, -0.1) is 0 Å². The zero-order valence-corrected chi connectivity index (χ0v) is 17.8. The number of hydrogen-bond donors (Lipinski definition) is 2. The zero-order chi connectivity index (χ0) is 21.1. The summed E-state index contributed by atoms with van der Waals surface area (Å²) in [6, 6.07) is 14.9. The van der Waals surface area contributed by atoms with Crippen molar-refractivity contribution >= 4 is 29.3 Å². The van der Waals surface area contributed by atoms with Crippen molar-refractivity contribution in [3.63, 3.8) is 0 Å². The van der Waals surface area contributed by atoms with Gasteiger partial charge in [0, 0.05) is 35.2 Å². The molecule has 1 aliphatic carbocycles. The monoisotopic (exact) mass is 420 g/mol. The van der Waals surface area contributed by atoms with E-state index in [1.54, 1.807) is 24.0 Å². The molecular formula is C23H24N4O2S. The summed E-state index contributed by atoms with van der Waals surface area (Å²) in [6.07, 6.45) is 7.56. The minimum absolute atomic E-state index is 0.0894. The highest BCUT2D eigenvalue weighted by Gasteiger charge is 2.29. The molecule has 1 aliphatic rings. The van der Waals surface area contributed by atoms with E-state index in [1.807, 2.05) is 66.4 Å². The number of carbonyl (C=O) groups is 2. The molecule has 30 heavy (non-hydrogen) atoms. The lowest BCUT2D eigenvalue weighted by Crippen LogP contribution is -2.26. The molecule has 1 heterocycles. The Kier molecular flexibility index (Phi) is 5.90. The van der Waals surface area contributed by atoms with Crippen molar-refractivity contribution in [2.45, 2.75) is 31.0 Å². The number of nitrogens with zero attached hydrogens (tertiary/aromatic N) is 2. The molecule has 0 aliphatic heterocycles. The van der Waals surface area contributed by atoms with Crippen LogP contribution in [0, 0.1) is 5.92 Å². The van der Waals surface area contributed by atoms with Gasteiger partial charge in [-0.1, -0.05) is 30.0 Å². The Labute approximate surface area is 180 Å². The number of thioether (sulfide) groups is 1. The average Bonchev–Trinajstić information content (AvgIpc) is 3.51. The van der Waals surface area contributed by atoms with E-state index in [4.69, 9.17) is 0 Å². The number of anilines is 1. The van der Waals surface area contributed by atoms with E-state index in [1.165, 1.54) is 0 Å².